The molecule has 0 unspecified atom stereocenters. The number of benzene rings is 1. The van der Waals surface area contributed by atoms with Crippen LogP contribution >= 0.6 is 11.6 Å². The molecule has 7 heteroatoms. The number of nitrogens with zero attached hydrogens (tertiary/aromatic N) is 5. The first-order valence-electron chi connectivity index (χ1n) is 7.85. The van der Waals surface area contributed by atoms with Gasteiger partial charge in [0.2, 0.25) is 0 Å². The van der Waals surface area contributed by atoms with E-state index in [0.29, 0.717) is 34.5 Å². The minimum Gasteiger partial charge on any atom is -0.327 e. The number of para-hydroxylation sites is 1. The van der Waals surface area contributed by atoms with Gasteiger partial charge in [-0.2, -0.15) is 10.2 Å². The highest BCUT2D eigenvalue weighted by molar-refractivity contribution is 6.29. The molecule has 0 atom stereocenters. The van der Waals surface area contributed by atoms with Crippen molar-refractivity contribution in [1.29, 1.82) is 5.26 Å². The molecular formula is C19H12ClN5O. The Morgan fingerprint density at radius 1 is 1.12 bits per heavy atom. The SMILES string of the molecule is N#Cc1ccccc1-n1c2cccn(Cc3ccc(Cl)nc3)c-2nc1=O. The molecule has 0 amide bonds. The fraction of sp³-hybridized carbons (Fsp3) is 0.0526. The maximum Gasteiger partial charge on any atom is 0.354 e. The molecule has 6 nitrogen and oxygen atoms in total. The number of pyridine rings is 2. The summed E-state index contributed by atoms with van der Waals surface area (Å²) in [5.74, 6) is 0.542. The summed E-state index contributed by atoms with van der Waals surface area (Å²) in [6.07, 6.45) is 3.54. The van der Waals surface area contributed by atoms with Crippen molar-refractivity contribution in [3.63, 3.8) is 0 Å². The lowest BCUT2D eigenvalue weighted by molar-refractivity contribution is 0.779. The van der Waals surface area contributed by atoms with E-state index in [2.05, 4.69) is 16.0 Å². The standard InChI is InChI=1S/C19H12ClN5O/c20-17-8-7-13(11-22-17)12-24-9-3-6-16-18(24)23-19(26)25(16)15-5-2-1-4-14(15)10-21/h1-9,11H,12H2. The van der Waals surface area contributed by atoms with E-state index in [1.165, 1.54) is 4.57 Å². The normalized spacial score (nSPS) is 10.8. The van der Waals surface area contributed by atoms with Gasteiger partial charge in [0, 0.05) is 12.4 Å². The zero-order valence-electron chi connectivity index (χ0n) is 13.5. The summed E-state index contributed by atoms with van der Waals surface area (Å²) in [5.41, 5.74) is 2.10. The van der Waals surface area contributed by atoms with Crippen molar-refractivity contribution in [3.8, 4) is 23.3 Å². The molecule has 3 heterocycles. The second-order valence-corrected chi connectivity index (χ2v) is 6.08. The second-order valence-electron chi connectivity index (χ2n) is 5.69. The number of rotatable bonds is 3. The fourth-order valence-corrected chi connectivity index (χ4v) is 3.00. The Balaban J connectivity index is 1.83. The third-order valence-corrected chi connectivity index (χ3v) is 4.29. The van der Waals surface area contributed by atoms with E-state index in [1.807, 2.05) is 29.0 Å². The molecule has 1 aromatic heterocycles. The summed E-state index contributed by atoms with van der Waals surface area (Å²) in [4.78, 5) is 20.8. The highest BCUT2D eigenvalue weighted by Crippen LogP contribution is 2.24. The van der Waals surface area contributed by atoms with Gasteiger partial charge in [0.05, 0.1) is 23.5 Å². The van der Waals surface area contributed by atoms with Crippen molar-refractivity contribution >= 4 is 11.6 Å². The Bertz CT molecular complexity index is 1150. The van der Waals surface area contributed by atoms with Crippen LogP contribution in [0.3, 0.4) is 0 Å². The zero-order valence-corrected chi connectivity index (χ0v) is 14.3. The predicted octanol–water partition coefficient (Wildman–Crippen LogP) is 3.11. The molecule has 0 bridgehead atoms. The van der Waals surface area contributed by atoms with Crippen LogP contribution in [-0.4, -0.2) is 19.1 Å². The number of halogens is 1. The van der Waals surface area contributed by atoms with E-state index in [-0.39, 0.29) is 0 Å². The van der Waals surface area contributed by atoms with Crippen LogP contribution in [0.15, 0.2) is 65.7 Å². The Morgan fingerprint density at radius 2 is 1.96 bits per heavy atom. The summed E-state index contributed by atoms with van der Waals surface area (Å²) in [6.45, 7) is 0.498. The van der Waals surface area contributed by atoms with Crippen LogP contribution in [0.4, 0.5) is 0 Å². The molecular weight excluding hydrogens is 350 g/mol. The second kappa shape index (κ2) is 6.47. The Hall–Kier alpha value is -3.43. The van der Waals surface area contributed by atoms with Gasteiger partial charge in [-0.25, -0.2) is 9.78 Å². The van der Waals surface area contributed by atoms with Crippen LogP contribution in [0.5, 0.6) is 0 Å². The van der Waals surface area contributed by atoms with Crippen LogP contribution in [0.25, 0.3) is 17.2 Å². The molecule has 2 aliphatic rings. The summed E-state index contributed by atoms with van der Waals surface area (Å²) in [6, 6.07) is 16.3. The first-order chi connectivity index (χ1) is 12.7. The first kappa shape index (κ1) is 16.1. The number of fused-ring (bicyclic) bond motifs is 1. The average Bonchev–Trinajstić information content (AvgIpc) is 3.00. The highest BCUT2D eigenvalue weighted by atomic mass is 35.5. The molecule has 0 spiro atoms. The lowest BCUT2D eigenvalue weighted by Crippen LogP contribution is -2.15. The van der Waals surface area contributed by atoms with E-state index in [1.54, 1.807) is 36.5 Å². The van der Waals surface area contributed by atoms with E-state index < -0.39 is 5.69 Å². The molecule has 0 aliphatic carbocycles. The summed E-state index contributed by atoms with van der Waals surface area (Å²) < 4.78 is 3.33. The maximum absolute atomic E-state index is 12.6. The number of hydrogen-bond acceptors (Lipinski definition) is 4. The number of imidazole rings is 1. The van der Waals surface area contributed by atoms with Gasteiger partial charge in [-0.05, 0) is 35.9 Å². The molecule has 26 heavy (non-hydrogen) atoms. The minimum atomic E-state index is -0.420. The quantitative estimate of drug-likeness (QED) is 0.525. The minimum absolute atomic E-state index is 0.418. The number of aromatic nitrogens is 4. The van der Waals surface area contributed by atoms with Crippen LogP contribution < -0.4 is 5.69 Å². The van der Waals surface area contributed by atoms with Gasteiger partial charge in [-0.15, -0.1) is 0 Å². The molecule has 0 saturated heterocycles. The summed E-state index contributed by atoms with van der Waals surface area (Å²) in [7, 11) is 0. The number of hydrogen-bond donors (Lipinski definition) is 0. The van der Waals surface area contributed by atoms with E-state index in [9.17, 15) is 10.1 Å². The Morgan fingerprint density at radius 3 is 2.73 bits per heavy atom. The van der Waals surface area contributed by atoms with Crippen molar-refractivity contribution < 1.29 is 0 Å². The van der Waals surface area contributed by atoms with Crippen LogP contribution in [0.2, 0.25) is 5.15 Å². The van der Waals surface area contributed by atoms with Gasteiger partial charge in [0.1, 0.15) is 11.2 Å². The van der Waals surface area contributed by atoms with E-state index in [4.69, 9.17) is 11.6 Å². The largest absolute Gasteiger partial charge is 0.354 e. The lowest BCUT2D eigenvalue weighted by Gasteiger charge is -2.13. The lowest BCUT2D eigenvalue weighted by atomic mass is 10.2. The van der Waals surface area contributed by atoms with Crippen molar-refractivity contribution in [3.05, 3.63) is 87.7 Å². The number of nitriles is 1. The average molecular weight is 362 g/mol. The fourth-order valence-electron chi connectivity index (χ4n) is 2.89. The molecule has 126 valence electrons. The zero-order chi connectivity index (χ0) is 18.1. The monoisotopic (exact) mass is 361 g/mol. The van der Waals surface area contributed by atoms with Gasteiger partial charge in [-0.1, -0.05) is 29.8 Å². The molecule has 0 N–H and O–H groups in total. The van der Waals surface area contributed by atoms with Gasteiger partial charge < -0.3 is 4.57 Å². The van der Waals surface area contributed by atoms with Crippen LogP contribution in [0.1, 0.15) is 11.1 Å². The van der Waals surface area contributed by atoms with Crippen molar-refractivity contribution in [2.45, 2.75) is 6.54 Å². The Labute approximate surface area is 153 Å². The van der Waals surface area contributed by atoms with Gasteiger partial charge >= 0.3 is 5.69 Å². The van der Waals surface area contributed by atoms with Gasteiger partial charge in [0.15, 0.2) is 5.82 Å². The van der Waals surface area contributed by atoms with Gasteiger partial charge in [0.25, 0.3) is 0 Å². The third kappa shape index (κ3) is 2.75. The molecule has 2 aromatic rings. The molecule has 0 saturated carbocycles. The van der Waals surface area contributed by atoms with Crippen LogP contribution in [0, 0.1) is 11.3 Å². The van der Waals surface area contributed by atoms with E-state index >= 15 is 0 Å². The summed E-state index contributed by atoms with van der Waals surface area (Å²) >= 11 is 5.83. The van der Waals surface area contributed by atoms with Crippen molar-refractivity contribution in [2.75, 3.05) is 0 Å². The first-order valence-corrected chi connectivity index (χ1v) is 8.23. The van der Waals surface area contributed by atoms with Crippen LogP contribution in [-0.2, 0) is 6.54 Å². The molecule has 0 radical (unpaired) electrons. The van der Waals surface area contributed by atoms with Crippen molar-refractivity contribution in [1.82, 2.24) is 19.1 Å². The van der Waals surface area contributed by atoms with Crippen molar-refractivity contribution in [2.24, 2.45) is 0 Å². The molecule has 1 aromatic carbocycles. The topological polar surface area (TPSA) is 76.5 Å². The maximum atomic E-state index is 12.6. The molecule has 4 rings (SSSR count). The molecule has 0 fully saturated rings. The highest BCUT2D eigenvalue weighted by Gasteiger charge is 2.20. The summed E-state index contributed by atoms with van der Waals surface area (Å²) in [5, 5.41) is 9.77. The third-order valence-electron chi connectivity index (χ3n) is 4.06. The smallest absolute Gasteiger partial charge is 0.327 e. The van der Waals surface area contributed by atoms with E-state index in [0.717, 1.165) is 5.56 Å². The molecule has 2 aliphatic heterocycles. The Kier molecular flexibility index (Phi) is 3.99. The predicted molar refractivity (Wildman–Crippen MR) is 97.5 cm³/mol. The van der Waals surface area contributed by atoms with Gasteiger partial charge in [-0.3, -0.25) is 4.57 Å².